The standard InChI is InChI=1S/C7H14INO2/c1-10-4-2-9-3-5-11-7(8)6-9/h7H,2-6H2,1H3. The summed E-state index contributed by atoms with van der Waals surface area (Å²) in [6.07, 6.45) is 0. The monoisotopic (exact) mass is 271 g/mol. The first kappa shape index (κ1) is 9.70. The number of ether oxygens (including phenoxy) is 2. The molecule has 0 aromatic rings. The summed E-state index contributed by atoms with van der Waals surface area (Å²) in [7, 11) is 1.74. The molecule has 1 aliphatic heterocycles. The molecule has 1 heterocycles. The van der Waals surface area contributed by atoms with E-state index in [9.17, 15) is 0 Å². The number of hydrogen-bond acceptors (Lipinski definition) is 3. The molecule has 0 amide bonds. The van der Waals surface area contributed by atoms with Crippen LogP contribution in [0.5, 0.6) is 0 Å². The van der Waals surface area contributed by atoms with Crippen molar-refractivity contribution in [1.82, 2.24) is 4.90 Å². The van der Waals surface area contributed by atoms with Crippen LogP contribution in [0.4, 0.5) is 0 Å². The highest BCUT2D eigenvalue weighted by Crippen LogP contribution is 2.10. The summed E-state index contributed by atoms with van der Waals surface area (Å²) < 4.78 is 10.7. The van der Waals surface area contributed by atoms with Gasteiger partial charge in [0.1, 0.15) is 4.11 Å². The zero-order valence-electron chi connectivity index (χ0n) is 6.75. The van der Waals surface area contributed by atoms with Crippen molar-refractivity contribution in [3.05, 3.63) is 0 Å². The average Bonchev–Trinajstić information content (AvgIpc) is 2.01. The largest absolute Gasteiger partial charge is 0.383 e. The van der Waals surface area contributed by atoms with E-state index >= 15 is 0 Å². The van der Waals surface area contributed by atoms with Crippen molar-refractivity contribution >= 4 is 22.6 Å². The maximum atomic E-state index is 5.39. The maximum absolute atomic E-state index is 5.39. The summed E-state index contributed by atoms with van der Waals surface area (Å²) in [5.74, 6) is 0. The van der Waals surface area contributed by atoms with Gasteiger partial charge in [-0.3, -0.25) is 4.90 Å². The molecule has 1 atom stereocenters. The van der Waals surface area contributed by atoms with Gasteiger partial charge in [0.2, 0.25) is 0 Å². The molecular weight excluding hydrogens is 257 g/mol. The van der Waals surface area contributed by atoms with Crippen molar-refractivity contribution < 1.29 is 9.47 Å². The van der Waals surface area contributed by atoms with Crippen molar-refractivity contribution in [2.75, 3.05) is 40.0 Å². The Morgan fingerprint density at radius 2 is 2.55 bits per heavy atom. The van der Waals surface area contributed by atoms with Crippen LogP contribution in [0.1, 0.15) is 0 Å². The Morgan fingerprint density at radius 1 is 1.73 bits per heavy atom. The highest BCUT2D eigenvalue weighted by Gasteiger charge is 2.16. The average molecular weight is 271 g/mol. The van der Waals surface area contributed by atoms with Crippen LogP contribution in [0.3, 0.4) is 0 Å². The molecule has 0 N–H and O–H groups in total. The zero-order valence-corrected chi connectivity index (χ0v) is 8.91. The number of alkyl halides is 1. The number of halogens is 1. The lowest BCUT2D eigenvalue weighted by atomic mass is 10.4. The zero-order chi connectivity index (χ0) is 8.10. The normalized spacial score (nSPS) is 27.3. The molecule has 0 aromatic carbocycles. The van der Waals surface area contributed by atoms with Gasteiger partial charge in [-0.15, -0.1) is 0 Å². The lowest BCUT2D eigenvalue weighted by molar-refractivity contribution is 0.0165. The Balaban J connectivity index is 2.12. The molecule has 1 aliphatic rings. The second-order valence-corrected chi connectivity index (χ2v) is 3.96. The van der Waals surface area contributed by atoms with Crippen LogP contribution >= 0.6 is 22.6 Å². The molecule has 3 nitrogen and oxygen atoms in total. The van der Waals surface area contributed by atoms with Gasteiger partial charge < -0.3 is 9.47 Å². The molecule has 1 saturated heterocycles. The predicted octanol–water partition coefficient (Wildman–Crippen LogP) is 0.726. The highest BCUT2D eigenvalue weighted by molar-refractivity contribution is 14.1. The number of methoxy groups -OCH3 is 1. The Labute approximate surface area is 81.2 Å². The van der Waals surface area contributed by atoms with E-state index in [-0.39, 0.29) is 0 Å². The van der Waals surface area contributed by atoms with Gasteiger partial charge in [0.15, 0.2) is 0 Å². The third-order valence-corrected chi connectivity index (χ3v) is 2.47. The van der Waals surface area contributed by atoms with Gasteiger partial charge >= 0.3 is 0 Å². The summed E-state index contributed by atoms with van der Waals surface area (Å²) in [6, 6.07) is 0. The van der Waals surface area contributed by atoms with Gasteiger partial charge in [-0.2, -0.15) is 0 Å². The van der Waals surface area contributed by atoms with Gasteiger partial charge in [-0.1, -0.05) is 0 Å². The smallest absolute Gasteiger partial charge is 0.121 e. The highest BCUT2D eigenvalue weighted by atomic mass is 127. The molecule has 0 bridgehead atoms. The number of rotatable bonds is 3. The van der Waals surface area contributed by atoms with E-state index in [1.165, 1.54) is 0 Å². The second kappa shape index (κ2) is 5.29. The number of morpholine rings is 1. The lowest BCUT2D eigenvalue weighted by Crippen LogP contribution is -2.41. The van der Waals surface area contributed by atoms with E-state index in [2.05, 4.69) is 27.5 Å². The lowest BCUT2D eigenvalue weighted by Gasteiger charge is -2.29. The quantitative estimate of drug-likeness (QED) is 0.558. The summed E-state index contributed by atoms with van der Waals surface area (Å²) in [5, 5.41) is 0. The molecule has 0 aliphatic carbocycles. The first-order valence-corrected chi connectivity index (χ1v) is 5.04. The van der Waals surface area contributed by atoms with Crippen molar-refractivity contribution in [3.63, 3.8) is 0 Å². The summed E-state index contributed by atoms with van der Waals surface area (Å²) >= 11 is 2.32. The molecule has 1 rings (SSSR count). The molecule has 1 unspecified atom stereocenters. The molecule has 0 saturated carbocycles. The second-order valence-electron chi connectivity index (χ2n) is 2.57. The van der Waals surface area contributed by atoms with E-state index < -0.39 is 0 Å². The van der Waals surface area contributed by atoms with Crippen LogP contribution < -0.4 is 0 Å². The first-order chi connectivity index (χ1) is 5.33. The van der Waals surface area contributed by atoms with E-state index in [4.69, 9.17) is 9.47 Å². The summed E-state index contributed by atoms with van der Waals surface area (Å²) in [5.41, 5.74) is 0. The van der Waals surface area contributed by atoms with Crippen LogP contribution in [-0.4, -0.2) is 49.0 Å². The fourth-order valence-electron chi connectivity index (χ4n) is 1.08. The van der Waals surface area contributed by atoms with Crippen molar-refractivity contribution in [1.29, 1.82) is 0 Å². The Hall–Kier alpha value is 0.610. The fraction of sp³-hybridized carbons (Fsp3) is 1.00. The molecule has 66 valence electrons. The Kier molecular flexibility index (Phi) is 4.66. The van der Waals surface area contributed by atoms with Gasteiger partial charge in [-0.25, -0.2) is 0 Å². The minimum atomic E-state index is 0.359. The van der Waals surface area contributed by atoms with E-state index in [1.54, 1.807) is 7.11 Å². The minimum Gasteiger partial charge on any atom is -0.383 e. The van der Waals surface area contributed by atoms with Gasteiger partial charge in [0, 0.05) is 26.7 Å². The van der Waals surface area contributed by atoms with Crippen LogP contribution in [0, 0.1) is 0 Å². The van der Waals surface area contributed by atoms with Crippen LogP contribution in [0.15, 0.2) is 0 Å². The SMILES string of the molecule is COCCN1CCOC(I)C1. The maximum Gasteiger partial charge on any atom is 0.121 e. The molecule has 4 heteroatoms. The fourth-order valence-corrected chi connectivity index (χ4v) is 1.89. The molecule has 11 heavy (non-hydrogen) atoms. The van der Waals surface area contributed by atoms with Crippen molar-refractivity contribution in [2.45, 2.75) is 4.11 Å². The van der Waals surface area contributed by atoms with Crippen LogP contribution in [0.25, 0.3) is 0 Å². The molecular formula is C7H14INO2. The van der Waals surface area contributed by atoms with Crippen LogP contribution in [-0.2, 0) is 9.47 Å². The molecule has 0 spiro atoms. The van der Waals surface area contributed by atoms with Crippen LogP contribution in [0.2, 0.25) is 0 Å². The van der Waals surface area contributed by atoms with E-state index in [1.807, 2.05) is 0 Å². The number of hydrogen-bond donors (Lipinski definition) is 0. The van der Waals surface area contributed by atoms with Gasteiger partial charge in [0.05, 0.1) is 13.2 Å². The first-order valence-electron chi connectivity index (χ1n) is 3.80. The van der Waals surface area contributed by atoms with Crippen molar-refractivity contribution in [3.8, 4) is 0 Å². The summed E-state index contributed by atoms with van der Waals surface area (Å²) in [6.45, 7) is 4.78. The van der Waals surface area contributed by atoms with Crippen molar-refractivity contribution in [2.24, 2.45) is 0 Å². The molecule has 0 radical (unpaired) electrons. The third-order valence-electron chi connectivity index (χ3n) is 1.72. The molecule has 1 fully saturated rings. The van der Waals surface area contributed by atoms with E-state index in [0.717, 1.165) is 32.8 Å². The van der Waals surface area contributed by atoms with Gasteiger partial charge in [-0.05, 0) is 22.6 Å². The Bertz CT molecular complexity index is 113. The summed E-state index contributed by atoms with van der Waals surface area (Å²) in [4.78, 5) is 2.37. The minimum absolute atomic E-state index is 0.359. The third kappa shape index (κ3) is 3.68. The predicted molar refractivity (Wildman–Crippen MR) is 52.1 cm³/mol. The molecule has 0 aromatic heterocycles. The Morgan fingerprint density at radius 3 is 3.18 bits per heavy atom. The topological polar surface area (TPSA) is 21.7 Å². The van der Waals surface area contributed by atoms with E-state index in [0.29, 0.717) is 4.11 Å². The van der Waals surface area contributed by atoms with Gasteiger partial charge in [0.25, 0.3) is 0 Å². The number of nitrogens with zero attached hydrogens (tertiary/aromatic N) is 1.